The Morgan fingerprint density at radius 2 is 2.22 bits per heavy atom. The number of aromatic nitrogens is 3. The predicted molar refractivity (Wildman–Crippen MR) is 71.5 cm³/mol. The first kappa shape index (κ1) is 11.3. The molecule has 6 heteroatoms. The molecule has 0 amide bonds. The molecule has 5 nitrogen and oxygen atoms in total. The summed E-state index contributed by atoms with van der Waals surface area (Å²) in [6.07, 6.45) is 0. The molecule has 0 radical (unpaired) electrons. The minimum atomic E-state index is -0.442. The van der Waals surface area contributed by atoms with Crippen LogP contribution in [0.3, 0.4) is 0 Å². The third-order valence-electron chi connectivity index (χ3n) is 2.97. The molecule has 2 heterocycles. The van der Waals surface area contributed by atoms with Gasteiger partial charge < -0.3 is 8.98 Å². The molecule has 1 N–H and O–H groups in total. The molecule has 0 saturated carbocycles. The SMILES string of the molecule is Cc1nc(Br)c(-c2ccc3oc(=O)[nH]c3c2)n1C. The number of aromatic amines is 1. The Balaban J connectivity index is 2.28. The highest BCUT2D eigenvalue weighted by Crippen LogP contribution is 2.29. The van der Waals surface area contributed by atoms with Crippen LogP contribution in [0.2, 0.25) is 0 Å². The van der Waals surface area contributed by atoms with E-state index in [1.54, 1.807) is 6.07 Å². The zero-order chi connectivity index (χ0) is 12.9. The summed E-state index contributed by atoms with van der Waals surface area (Å²) in [5.74, 6) is 0.472. The van der Waals surface area contributed by atoms with E-state index >= 15 is 0 Å². The van der Waals surface area contributed by atoms with Crippen molar-refractivity contribution in [3.8, 4) is 11.3 Å². The van der Waals surface area contributed by atoms with Crippen molar-refractivity contribution in [2.45, 2.75) is 6.92 Å². The number of nitrogens with zero attached hydrogens (tertiary/aromatic N) is 2. The van der Waals surface area contributed by atoms with E-state index in [2.05, 4.69) is 25.9 Å². The number of halogens is 1. The Kier molecular flexibility index (Phi) is 2.41. The molecule has 0 aliphatic carbocycles. The molecule has 3 rings (SSSR count). The molecule has 0 bridgehead atoms. The molecule has 3 aromatic rings. The molecule has 1 aromatic carbocycles. The number of rotatable bonds is 1. The second-order valence-electron chi connectivity index (χ2n) is 4.08. The van der Waals surface area contributed by atoms with Gasteiger partial charge in [0.2, 0.25) is 0 Å². The molecule has 0 aliphatic heterocycles. The predicted octanol–water partition coefficient (Wildman–Crippen LogP) is 2.59. The van der Waals surface area contributed by atoms with E-state index in [9.17, 15) is 4.79 Å². The highest BCUT2D eigenvalue weighted by atomic mass is 79.9. The van der Waals surface area contributed by atoms with Crippen LogP contribution in [0.5, 0.6) is 0 Å². The standard InChI is InChI=1S/C12H10BrN3O2/c1-6-14-11(13)10(16(6)2)7-3-4-9-8(5-7)15-12(17)18-9/h3-5H,1-2H3,(H,15,17). The van der Waals surface area contributed by atoms with E-state index in [0.717, 1.165) is 21.7 Å². The lowest BCUT2D eigenvalue weighted by molar-refractivity contribution is 0.555. The first-order valence-corrected chi connectivity index (χ1v) is 6.17. The average molecular weight is 308 g/mol. The normalized spacial score (nSPS) is 11.3. The Labute approximate surface area is 111 Å². The van der Waals surface area contributed by atoms with Crippen LogP contribution in [-0.4, -0.2) is 14.5 Å². The summed E-state index contributed by atoms with van der Waals surface area (Å²) in [5.41, 5.74) is 3.17. The van der Waals surface area contributed by atoms with Crippen LogP contribution in [0, 0.1) is 6.92 Å². The fourth-order valence-corrected chi connectivity index (χ4v) is 2.73. The molecule has 0 fully saturated rings. The van der Waals surface area contributed by atoms with Gasteiger partial charge in [-0.15, -0.1) is 0 Å². The van der Waals surface area contributed by atoms with E-state index in [0.29, 0.717) is 11.1 Å². The highest BCUT2D eigenvalue weighted by molar-refractivity contribution is 9.10. The van der Waals surface area contributed by atoms with Crippen molar-refractivity contribution in [1.29, 1.82) is 0 Å². The Morgan fingerprint density at radius 3 is 2.89 bits per heavy atom. The quantitative estimate of drug-likeness (QED) is 0.751. The summed E-state index contributed by atoms with van der Waals surface area (Å²) < 4.78 is 7.75. The number of nitrogens with one attached hydrogen (secondary N) is 1. The molecule has 0 saturated heterocycles. The van der Waals surface area contributed by atoms with Gasteiger partial charge in [0.05, 0.1) is 11.2 Å². The Bertz CT molecular complexity index is 797. The number of fused-ring (bicyclic) bond motifs is 1. The number of hydrogen-bond donors (Lipinski definition) is 1. The summed E-state index contributed by atoms with van der Waals surface area (Å²) in [5, 5.41) is 0. The number of oxazole rings is 1. The van der Waals surface area contributed by atoms with E-state index in [-0.39, 0.29) is 0 Å². The van der Waals surface area contributed by atoms with Crippen LogP contribution >= 0.6 is 15.9 Å². The number of benzene rings is 1. The fourth-order valence-electron chi connectivity index (χ4n) is 1.98. The van der Waals surface area contributed by atoms with Crippen LogP contribution in [0.15, 0.2) is 32.0 Å². The van der Waals surface area contributed by atoms with Gasteiger partial charge in [-0.25, -0.2) is 9.78 Å². The van der Waals surface area contributed by atoms with Crippen molar-refractivity contribution >= 4 is 27.0 Å². The minimum Gasteiger partial charge on any atom is -0.408 e. The third kappa shape index (κ3) is 1.60. The summed E-state index contributed by atoms with van der Waals surface area (Å²) in [7, 11) is 1.95. The number of imidazole rings is 1. The van der Waals surface area contributed by atoms with Crippen LogP contribution in [-0.2, 0) is 7.05 Å². The summed E-state index contributed by atoms with van der Waals surface area (Å²) in [6.45, 7) is 1.94. The van der Waals surface area contributed by atoms with Crippen molar-refractivity contribution in [2.24, 2.45) is 7.05 Å². The highest BCUT2D eigenvalue weighted by Gasteiger charge is 2.13. The molecule has 18 heavy (non-hydrogen) atoms. The van der Waals surface area contributed by atoms with Crippen LogP contribution in [0.1, 0.15) is 5.82 Å². The van der Waals surface area contributed by atoms with Crippen LogP contribution in [0.25, 0.3) is 22.4 Å². The van der Waals surface area contributed by atoms with E-state index in [1.165, 1.54) is 0 Å². The molecule has 2 aromatic heterocycles. The van der Waals surface area contributed by atoms with Crippen molar-refractivity contribution in [1.82, 2.24) is 14.5 Å². The van der Waals surface area contributed by atoms with Crippen molar-refractivity contribution in [3.05, 3.63) is 39.2 Å². The van der Waals surface area contributed by atoms with Gasteiger partial charge in [0.25, 0.3) is 0 Å². The van der Waals surface area contributed by atoms with Crippen molar-refractivity contribution in [3.63, 3.8) is 0 Å². The van der Waals surface area contributed by atoms with Gasteiger partial charge in [-0.2, -0.15) is 0 Å². The lowest BCUT2D eigenvalue weighted by Gasteiger charge is -2.04. The van der Waals surface area contributed by atoms with Gasteiger partial charge in [-0.1, -0.05) is 0 Å². The number of H-pyrrole nitrogens is 1. The Hall–Kier alpha value is -1.82. The third-order valence-corrected chi connectivity index (χ3v) is 3.52. The molecule has 0 spiro atoms. The fraction of sp³-hybridized carbons (Fsp3) is 0.167. The van der Waals surface area contributed by atoms with Crippen LogP contribution in [0.4, 0.5) is 0 Å². The van der Waals surface area contributed by atoms with Gasteiger partial charge >= 0.3 is 5.76 Å². The maximum Gasteiger partial charge on any atom is 0.417 e. The second kappa shape index (κ2) is 3.84. The van der Waals surface area contributed by atoms with E-state index in [4.69, 9.17) is 4.42 Å². The summed E-state index contributed by atoms with van der Waals surface area (Å²) in [4.78, 5) is 18.1. The van der Waals surface area contributed by atoms with Gasteiger partial charge in [0.1, 0.15) is 10.4 Å². The first-order chi connectivity index (χ1) is 8.56. The molecule has 0 aliphatic rings. The second-order valence-corrected chi connectivity index (χ2v) is 4.83. The zero-order valence-electron chi connectivity index (χ0n) is 9.82. The number of hydrogen-bond acceptors (Lipinski definition) is 3. The van der Waals surface area contributed by atoms with Gasteiger partial charge in [0, 0.05) is 12.6 Å². The minimum absolute atomic E-state index is 0.442. The molecule has 0 atom stereocenters. The molecule has 0 unspecified atom stereocenters. The van der Waals surface area contributed by atoms with Crippen molar-refractivity contribution in [2.75, 3.05) is 0 Å². The molecular formula is C12H10BrN3O2. The monoisotopic (exact) mass is 307 g/mol. The average Bonchev–Trinajstić information content (AvgIpc) is 2.78. The summed E-state index contributed by atoms with van der Waals surface area (Å²) in [6, 6.07) is 5.55. The zero-order valence-corrected chi connectivity index (χ0v) is 11.4. The first-order valence-electron chi connectivity index (χ1n) is 5.38. The molecule has 92 valence electrons. The lowest BCUT2D eigenvalue weighted by Crippen LogP contribution is -1.95. The van der Waals surface area contributed by atoms with Gasteiger partial charge in [0.15, 0.2) is 5.58 Å². The number of aryl methyl sites for hydroxylation is 1. The van der Waals surface area contributed by atoms with E-state index in [1.807, 2.05) is 30.7 Å². The lowest BCUT2D eigenvalue weighted by atomic mass is 10.1. The topological polar surface area (TPSA) is 63.8 Å². The smallest absolute Gasteiger partial charge is 0.408 e. The van der Waals surface area contributed by atoms with Gasteiger partial charge in [-0.3, -0.25) is 4.98 Å². The largest absolute Gasteiger partial charge is 0.417 e. The van der Waals surface area contributed by atoms with Crippen LogP contribution < -0.4 is 5.76 Å². The molecular weight excluding hydrogens is 298 g/mol. The Morgan fingerprint density at radius 1 is 1.44 bits per heavy atom. The van der Waals surface area contributed by atoms with Gasteiger partial charge in [-0.05, 0) is 41.1 Å². The maximum atomic E-state index is 11.1. The maximum absolute atomic E-state index is 11.1. The summed E-state index contributed by atoms with van der Waals surface area (Å²) >= 11 is 3.45. The van der Waals surface area contributed by atoms with E-state index < -0.39 is 5.76 Å². The van der Waals surface area contributed by atoms with Crippen molar-refractivity contribution < 1.29 is 4.42 Å².